The quantitative estimate of drug-likeness (QED) is 0.583. The van der Waals surface area contributed by atoms with E-state index < -0.39 is 0 Å². The van der Waals surface area contributed by atoms with E-state index >= 15 is 0 Å². The van der Waals surface area contributed by atoms with Crippen molar-refractivity contribution in [3.05, 3.63) is 52.5 Å². The summed E-state index contributed by atoms with van der Waals surface area (Å²) < 4.78 is 2.10. The van der Waals surface area contributed by atoms with Crippen molar-refractivity contribution >= 4 is 38.5 Å². The van der Waals surface area contributed by atoms with Crippen LogP contribution < -0.4 is 5.32 Å². The van der Waals surface area contributed by atoms with Gasteiger partial charge in [-0.3, -0.25) is 4.40 Å². The highest BCUT2D eigenvalue weighted by molar-refractivity contribution is 7.15. The van der Waals surface area contributed by atoms with E-state index in [1.54, 1.807) is 22.7 Å². The van der Waals surface area contributed by atoms with Gasteiger partial charge in [-0.25, -0.2) is 9.97 Å². The first-order chi connectivity index (χ1) is 10.7. The van der Waals surface area contributed by atoms with Crippen LogP contribution in [0.25, 0.3) is 16.3 Å². The molecule has 4 rings (SSSR count). The Morgan fingerprint density at radius 2 is 1.95 bits per heavy atom. The molecule has 0 radical (unpaired) electrons. The van der Waals surface area contributed by atoms with Crippen molar-refractivity contribution < 1.29 is 0 Å². The second-order valence-electron chi connectivity index (χ2n) is 5.08. The van der Waals surface area contributed by atoms with Crippen molar-refractivity contribution in [1.82, 2.24) is 14.4 Å². The number of hydrogen-bond acceptors (Lipinski definition) is 5. The molecule has 6 heteroatoms. The molecule has 0 unspecified atom stereocenters. The number of hydrogen-bond donors (Lipinski definition) is 1. The van der Waals surface area contributed by atoms with E-state index in [9.17, 15) is 0 Å². The summed E-state index contributed by atoms with van der Waals surface area (Å²) in [4.78, 5) is 10.3. The number of benzene rings is 1. The maximum absolute atomic E-state index is 4.73. The monoisotopic (exact) mass is 326 g/mol. The zero-order chi connectivity index (χ0) is 15.1. The number of imidazole rings is 1. The fourth-order valence-corrected chi connectivity index (χ4v) is 3.94. The standard InChI is InChI=1S/C16H14N4S2/c1-10-5-3-4-6-12(10)18-15-19-13(9-22-15)14-11(2)17-16-20(14)7-8-21-16/h3-9H,1-2H3,(H,18,19). The SMILES string of the molecule is Cc1ccccc1Nc1nc(-c2c(C)nc3sccn23)cs1. The van der Waals surface area contributed by atoms with Gasteiger partial charge in [-0.15, -0.1) is 22.7 Å². The summed E-state index contributed by atoms with van der Waals surface area (Å²) in [5.74, 6) is 0. The number of nitrogens with one attached hydrogen (secondary N) is 1. The molecular weight excluding hydrogens is 312 g/mol. The second-order valence-corrected chi connectivity index (χ2v) is 6.81. The van der Waals surface area contributed by atoms with E-state index in [-0.39, 0.29) is 0 Å². The molecular formula is C16H14N4S2. The van der Waals surface area contributed by atoms with Crippen LogP contribution in [-0.4, -0.2) is 14.4 Å². The minimum Gasteiger partial charge on any atom is -0.331 e. The van der Waals surface area contributed by atoms with Gasteiger partial charge in [-0.05, 0) is 25.5 Å². The first kappa shape index (κ1) is 13.5. The Balaban J connectivity index is 1.71. The zero-order valence-electron chi connectivity index (χ0n) is 12.2. The Hall–Kier alpha value is -2.18. The van der Waals surface area contributed by atoms with Gasteiger partial charge in [0.1, 0.15) is 5.69 Å². The second kappa shape index (κ2) is 5.23. The summed E-state index contributed by atoms with van der Waals surface area (Å²) in [6.07, 6.45) is 2.04. The fraction of sp³-hybridized carbons (Fsp3) is 0.125. The van der Waals surface area contributed by atoms with Gasteiger partial charge in [0, 0.05) is 22.6 Å². The van der Waals surface area contributed by atoms with Crippen molar-refractivity contribution in [2.75, 3.05) is 5.32 Å². The molecule has 0 aliphatic rings. The number of nitrogens with zero attached hydrogens (tertiary/aromatic N) is 3. The van der Waals surface area contributed by atoms with Gasteiger partial charge in [-0.2, -0.15) is 0 Å². The fourth-order valence-electron chi connectivity index (χ4n) is 2.47. The molecule has 3 heterocycles. The van der Waals surface area contributed by atoms with E-state index in [1.807, 2.05) is 30.6 Å². The van der Waals surface area contributed by atoms with Crippen LogP contribution in [0, 0.1) is 13.8 Å². The van der Waals surface area contributed by atoms with E-state index in [2.05, 4.69) is 39.1 Å². The highest BCUT2D eigenvalue weighted by Gasteiger charge is 2.15. The summed E-state index contributed by atoms with van der Waals surface area (Å²) in [6, 6.07) is 8.22. The Labute approximate surface area is 136 Å². The number of aromatic nitrogens is 3. The van der Waals surface area contributed by atoms with Gasteiger partial charge >= 0.3 is 0 Å². The van der Waals surface area contributed by atoms with Gasteiger partial charge in [0.05, 0.1) is 11.4 Å². The Bertz CT molecular complexity index is 948. The molecule has 110 valence electrons. The van der Waals surface area contributed by atoms with E-state index in [0.29, 0.717) is 0 Å². The maximum Gasteiger partial charge on any atom is 0.194 e. The molecule has 0 aliphatic heterocycles. The van der Waals surface area contributed by atoms with Crippen molar-refractivity contribution in [3.8, 4) is 11.4 Å². The average molecular weight is 326 g/mol. The first-order valence-corrected chi connectivity index (χ1v) is 8.69. The van der Waals surface area contributed by atoms with Crippen molar-refractivity contribution in [2.24, 2.45) is 0 Å². The maximum atomic E-state index is 4.73. The number of thiazole rings is 2. The third-order valence-corrected chi connectivity index (χ3v) is 5.08. The molecule has 0 saturated heterocycles. The molecule has 3 aromatic heterocycles. The van der Waals surface area contributed by atoms with Crippen LogP contribution >= 0.6 is 22.7 Å². The lowest BCUT2D eigenvalue weighted by Gasteiger charge is -2.05. The van der Waals surface area contributed by atoms with E-state index in [1.165, 1.54) is 5.56 Å². The number of rotatable bonds is 3. The molecule has 4 nitrogen and oxygen atoms in total. The zero-order valence-corrected chi connectivity index (χ0v) is 13.8. The number of aryl methyl sites for hydroxylation is 2. The van der Waals surface area contributed by atoms with Crippen molar-refractivity contribution in [1.29, 1.82) is 0 Å². The smallest absolute Gasteiger partial charge is 0.194 e. The third-order valence-electron chi connectivity index (χ3n) is 3.57. The normalized spacial score (nSPS) is 11.2. The molecule has 0 spiro atoms. The highest BCUT2D eigenvalue weighted by Crippen LogP contribution is 2.31. The summed E-state index contributed by atoms with van der Waals surface area (Å²) in [7, 11) is 0. The van der Waals surface area contributed by atoms with Gasteiger partial charge in [0.15, 0.2) is 10.1 Å². The van der Waals surface area contributed by atoms with E-state index in [0.717, 1.165) is 32.9 Å². The largest absolute Gasteiger partial charge is 0.331 e. The summed E-state index contributed by atoms with van der Waals surface area (Å²) >= 11 is 3.25. The highest BCUT2D eigenvalue weighted by atomic mass is 32.1. The van der Waals surface area contributed by atoms with Gasteiger partial charge in [0.2, 0.25) is 0 Å². The van der Waals surface area contributed by atoms with Crippen LogP contribution in [0.3, 0.4) is 0 Å². The number of fused-ring (bicyclic) bond motifs is 1. The van der Waals surface area contributed by atoms with Crippen molar-refractivity contribution in [2.45, 2.75) is 13.8 Å². The predicted molar refractivity (Wildman–Crippen MR) is 93.4 cm³/mol. The predicted octanol–water partition coefficient (Wildman–Crippen LogP) is 4.88. The summed E-state index contributed by atoms with van der Waals surface area (Å²) in [5, 5.41) is 8.42. The minimum absolute atomic E-state index is 0.897. The molecule has 4 aromatic rings. The molecule has 0 atom stereocenters. The van der Waals surface area contributed by atoms with E-state index in [4.69, 9.17) is 4.98 Å². The van der Waals surface area contributed by atoms with Gasteiger partial charge < -0.3 is 5.32 Å². The molecule has 22 heavy (non-hydrogen) atoms. The van der Waals surface area contributed by atoms with Crippen LogP contribution in [-0.2, 0) is 0 Å². The van der Waals surface area contributed by atoms with Crippen LogP contribution in [0.1, 0.15) is 11.3 Å². The van der Waals surface area contributed by atoms with Gasteiger partial charge in [0.25, 0.3) is 0 Å². The Morgan fingerprint density at radius 3 is 2.82 bits per heavy atom. The first-order valence-electron chi connectivity index (χ1n) is 6.93. The van der Waals surface area contributed by atoms with Crippen LogP contribution in [0.2, 0.25) is 0 Å². The third kappa shape index (κ3) is 2.20. The minimum atomic E-state index is 0.897. The molecule has 0 amide bonds. The summed E-state index contributed by atoms with van der Waals surface area (Å²) in [6.45, 7) is 4.12. The van der Waals surface area contributed by atoms with Gasteiger partial charge in [-0.1, -0.05) is 18.2 Å². The van der Waals surface area contributed by atoms with Crippen molar-refractivity contribution in [3.63, 3.8) is 0 Å². The molecule has 1 N–H and O–H groups in total. The number of para-hydroxylation sites is 1. The molecule has 0 fully saturated rings. The Morgan fingerprint density at radius 1 is 1.09 bits per heavy atom. The van der Waals surface area contributed by atoms with Crippen LogP contribution in [0.4, 0.5) is 10.8 Å². The Kier molecular flexibility index (Phi) is 3.20. The summed E-state index contributed by atoms with van der Waals surface area (Å²) in [5.41, 5.74) is 5.35. The van der Waals surface area contributed by atoms with Crippen LogP contribution in [0.15, 0.2) is 41.2 Å². The topological polar surface area (TPSA) is 42.2 Å². The average Bonchev–Trinajstić information content (AvgIpc) is 3.17. The lowest BCUT2D eigenvalue weighted by Crippen LogP contribution is -1.93. The molecule has 0 saturated carbocycles. The lowest BCUT2D eigenvalue weighted by atomic mass is 10.2. The lowest BCUT2D eigenvalue weighted by molar-refractivity contribution is 1.20. The van der Waals surface area contributed by atoms with Crippen LogP contribution in [0.5, 0.6) is 0 Å². The number of anilines is 2. The molecule has 0 bridgehead atoms. The molecule has 1 aromatic carbocycles. The molecule has 0 aliphatic carbocycles.